The predicted molar refractivity (Wildman–Crippen MR) is 54.5 cm³/mol. The minimum Gasteiger partial charge on any atom is -0.395 e. The van der Waals surface area contributed by atoms with Gasteiger partial charge in [0, 0.05) is 12.6 Å². The molecule has 3 N–H and O–H groups in total. The Kier molecular flexibility index (Phi) is 4.70. The van der Waals surface area contributed by atoms with Crippen LogP contribution < -0.4 is 5.73 Å². The van der Waals surface area contributed by atoms with Gasteiger partial charge in [0.05, 0.1) is 6.61 Å². The summed E-state index contributed by atoms with van der Waals surface area (Å²) in [5.74, 6) is 0.636. The van der Waals surface area contributed by atoms with Gasteiger partial charge in [0.2, 0.25) is 0 Å². The first kappa shape index (κ1) is 11.0. The van der Waals surface area contributed by atoms with Gasteiger partial charge in [0.25, 0.3) is 0 Å². The van der Waals surface area contributed by atoms with Crippen LogP contribution in [-0.4, -0.2) is 42.3 Å². The van der Waals surface area contributed by atoms with Gasteiger partial charge < -0.3 is 10.8 Å². The predicted octanol–water partition coefficient (Wildman–Crippen LogP) is 0.428. The van der Waals surface area contributed by atoms with Crippen molar-refractivity contribution in [1.82, 2.24) is 4.90 Å². The maximum Gasteiger partial charge on any atom is 0.0584 e. The van der Waals surface area contributed by atoms with E-state index in [1.54, 1.807) is 0 Å². The average molecular weight is 186 g/mol. The lowest BCUT2D eigenvalue weighted by atomic mass is 10.0. The zero-order chi connectivity index (χ0) is 9.68. The highest BCUT2D eigenvalue weighted by molar-refractivity contribution is 4.75. The van der Waals surface area contributed by atoms with E-state index in [4.69, 9.17) is 10.8 Å². The van der Waals surface area contributed by atoms with Crippen LogP contribution in [0.5, 0.6) is 0 Å². The molecule has 1 rings (SSSR count). The van der Waals surface area contributed by atoms with Crippen molar-refractivity contribution in [2.45, 2.75) is 32.2 Å². The summed E-state index contributed by atoms with van der Waals surface area (Å²) in [4.78, 5) is 2.37. The van der Waals surface area contributed by atoms with Crippen LogP contribution in [0.25, 0.3) is 0 Å². The van der Waals surface area contributed by atoms with Crippen LogP contribution in [0.4, 0.5) is 0 Å². The maximum absolute atomic E-state index is 9.06. The fourth-order valence-corrected chi connectivity index (χ4v) is 1.97. The monoisotopic (exact) mass is 186 g/mol. The van der Waals surface area contributed by atoms with Crippen LogP contribution in [-0.2, 0) is 0 Å². The molecule has 1 aliphatic rings. The highest BCUT2D eigenvalue weighted by Crippen LogP contribution is 2.16. The van der Waals surface area contributed by atoms with Crippen LogP contribution in [0.1, 0.15) is 26.2 Å². The van der Waals surface area contributed by atoms with Gasteiger partial charge in [-0.3, -0.25) is 4.90 Å². The molecule has 0 radical (unpaired) electrons. The molecule has 1 heterocycles. The SMILES string of the molecule is CC(CO)N1CCCCC(CN)C1. The Morgan fingerprint density at radius 3 is 2.92 bits per heavy atom. The van der Waals surface area contributed by atoms with Crippen LogP contribution in [0, 0.1) is 5.92 Å². The molecule has 0 aromatic carbocycles. The molecule has 3 nitrogen and oxygen atoms in total. The molecule has 1 aliphatic heterocycles. The molecule has 0 aromatic heterocycles. The van der Waals surface area contributed by atoms with Gasteiger partial charge in [-0.2, -0.15) is 0 Å². The molecular weight excluding hydrogens is 164 g/mol. The van der Waals surface area contributed by atoms with Crippen molar-refractivity contribution in [3.8, 4) is 0 Å². The quantitative estimate of drug-likeness (QED) is 0.672. The lowest BCUT2D eigenvalue weighted by Crippen LogP contribution is -2.39. The smallest absolute Gasteiger partial charge is 0.0584 e. The normalized spacial score (nSPS) is 28.4. The van der Waals surface area contributed by atoms with E-state index in [1.165, 1.54) is 19.3 Å². The molecule has 0 aliphatic carbocycles. The number of rotatable bonds is 3. The van der Waals surface area contributed by atoms with Gasteiger partial charge in [-0.05, 0) is 38.8 Å². The Morgan fingerprint density at radius 2 is 2.31 bits per heavy atom. The second-order valence-corrected chi connectivity index (χ2v) is 4.12. The zero-order valence-electron chi connectivity index (χ0n) is 8.58. The number of aliphatic hydroxyl groups is 1. The molecule has 13 heavy (non-hydrogen) atoms. The summed E-state index contributed by atoms with van der Waals surface area (Å²) >= 11 is 0. The first-order valence-electron chi connectivity index (χ1n) is 5.33. The van der Waals surface area contributed by atoms with Crippen molar-refractivity contribution < 1.29 is 5.11 Å². The van der Waals surface area contributed by atoms with Crippen LogP contribution in [0.15, 0.2) is 0 Å². The maximum atomic E-state index is 9.06. The Bertz CT molecular complexity index is 141. The molecule has 0 spiro atoms. The summed E-state index contributed by atoms with van der Waals surface area (Å²) in [5.41, 5.74) is 5.69. The van der Waals surface area contributed by atoms with Crippen molar-refractivity contribution in [3.63, 3.8) is 0 Å². The molecule has 0 amide bonds. The summed E-state index contributed by atoms with van der Waals surface area (Å²) in [6.07, 6.45) is 3.79. The molecule has 2 unspecified atom stereocenters. The molecule has 78 valence electrons. The summed E-state index contributed by atoms with van der Waals surface area (Å²) in [5, 5.41) is 9.06. The van der Waals surface area contributed by atoms with E-state index in [2.05, 4.69) is 11.8 Å². The van der Waals surface area contributed by atoms with Crippen molar-refractivity contribution in [2.75, 3.05) is 26.2 Å². The van der Waals surface area contributed by atoms with Crippen molar-refractivity contribution in [1.29, 1.82) is 0 Å². The van der Waals surface area contributed by atoms with Crippen molar-refractivity contribution in [3.05, 3.63) is 0 Å². The minimum atomic E-state index is 0.261. The van der Waals surface area contributed by atoms with Gasteiger partial charge >= 0.3 is 0 Å². The fraction of sp³-hybridized carbons (Fsp3) is 1.00. The standard InChI is InChI=1S/C10H22N2O/c1-9(8-13)12-5-3-2-4-10(6-11)7-12/h9-10,13H,2-8,11H2,1H3. The van der Waals surface area contributed by atoms with Crippen molar-refractivity contribution in [2.24, 2.45) is 11.7 Å². The van der Waals surface area contributed by atoms with Gasteiger partial charge in [-0.1, -0.05) is 6.42 Å². The number of hydrogen-bond acceptors (Lipinski definition) is 3. The Balaban J connectivity index is 2.43. The highest BCUT2D eigenvalue weighted by atomic mass is 16.3. The second-order valence-electron chi connectivity index (χ2n) is 4.12. The molecule has 1 fully saturated rings. The Morgan fingerprint density at radius 1 is 1.54 bits per heavy atom. The lowest BCUT2D eigenvalue weighted by Gasteiger charge is -2.28. The summed E-state index contributed by atoms with van der Waals surface area (Å²) in [6.45, 7) is 5.32. The van der Waals surface area contributed by atoms with Crippen molar-refractivity contribution >= 4 is 0 Å². The van der Waals surface area contributed by atoms with E-state index in [9.17, 15) is 0 Å². The van der Waals surface area contributed by atoms with Crippen LogP contribution in [0.3, 0.4) is 0 Å². The van der Waals surface area contributed by atoms with E-state index in [1.807, 2.05) is 0 Å². The third-order valence-electron chi connectivity index (χ3n) is 3.02. The highest BCUT2D eigenvalue weighted by Gasteiger charge is 2.20. The van der Waals surface area contributed by atoms with Gasteiger partial charge in [-0.25, -0.2) is 0 Å². The molecule has 0 aromatic rings. The Labute approximate surface area is 80.9 Å². The third kappa shape index (κ3) is 3.25. The van der Waals surface area contributed by atoms with E-state index in [0.717, 1.165) is 19.6 Å². The van der Waals surface area contributed by atoms with Gasteiger partial charge in [0.15, 0.2) is 0 Å². The third-order valence-corrected chi connectivity index (χ3v) is 3.02. The first-order valence-corrected chi connectivity index (χ1v) is 5.33. The van der Waals surface area contributed by atoms with E-state index in [0.29, 0.717) is 12.0 Å². The molecule has 3 heteroatoms. The molecule has 2 atom stereocenters. The number of nitrogens with two attached hydrogens (primary N) is 1. The average Bonchev–Trinajstić information content (AvgIpc) is 2.41. The van der Waals surface area contributed by atoms with E-state index < -0.39 is 0 Å². The molecule has 1 saturated heterocycles. The van der Waals surface area contributed by atoms with E-state index >= 15 is 0 Å². The Hall–Kier alpha value is -0.120. The zero-order valence-corrected chi connectivity index (χ0v) is 8.58. The molecule has 0 saturated carbocycles. The van der Waals surface area contributed by atoms with Crippen LogP contribution in [0.2, 0.25) is 0 Å². The topological polar surface area (TPSA) is 49.5 Å². The number of nitrogens with zero attached hydrogens (tertiary/aromatic N) is 1. The number of likely N-dealkylation sites (tertiary alicyclic amines) is 1. The fourth-order valence-electron chi connectivity index (χ4n) is 1.97. The van der Waals surface area contributed by atoms with E-state index in [-0.39, 0.29) is 6.61 Å². The first-order chi connectivity index (χ1) is 6.27. The minimum absolute atomic E-state index is 0.261. The van der Waals surface area contributed by atoms with Crippen LogP contribution >= 0.6 is 0 Å². The number of hydrogen-bond donors (Lipinski definition) is 2. The van der Waals surface area contributed by atoms with Gasteiger partial charge in [-0.15, -0.1) is 0 Å². The molecule has 0 bridgehead atoms. The largest absolute Gasteiger partial charge is 0.395 e. The summed E-state index contributed by atoms with van der Waals surface area (Å²) in [7, 11) is 0. The number of aliphatic hydroxyl groups excluding tert-OH is 1. The van der Waals surface area contributed by atoms with Gasteiger partial charge in [0.1, 0.15) is 0 Å². The lowest BCUT2D eigenvalue weighted by molar-refractivity contribution is 0.126. The summed E-state index contributed by atoms with van der Waals surface area (Å²) in [6, 6.07) is 0.298. The second kappa shape index (κ2) is 5.58. The summed E-state index contributed by atoms with van der Waals surface area (Å²) < 4.78 is 0. The molecular formula is C10H22N2O.